The Kier molecular flexibility index (Phi) is 4.19. The van der Waals surface area contributed by atoms with Gasteiger partial charge in [-0.2, -0.15) is 0 Å². The molecule has 0 saturated carbocycles. The van der Waals surface area contributed by atoms with Crippen molar-refractivity contribution >= 4 is 23.1 Å². The Hall–Kier alpha value is -1.68. The fourth-order valence-corrected chi connectivity index (χ4v) is 1.19. The first-order valence-electron chi connectivity index (χ1n) is 4.73. The molecule has 1 aromatic rings. The molecule has 0 aliphatic carbocycles. The predicted molar refractivity (Wildman–Crippen MR) is 68.7 cm³/mol. The zero-order valence-corrected chi connectivity index (χ0v) is 10.1. The summed E-state index contributed by atoms with van der Waals surface area (Å²) in [6.45, 7) is 0. The summed E-state index contributed by atoms with van der Waals surface area (Å²) in [6.07, 6.45) is 1.60. The number of nitrogens with zero attached hydrogens (tertiary/aromatic N) is 2. The molecule has 4 nitrogen and oxygen atoms in total. The van der Waals surface area contributed by atoms with E-state index in [0.29, 0.717) is 22.4 Å². The van der Waals surface area contributed by atoms with Crippen LogP contribution in [0, 0.1) is 0 Å². The SMILES string of the molecule is CN(C)C(N)=CC(N)=Nc1cccc(Cl)c1. The molecule has 0 spiro atoms. The van der Waals surface area contributed by atoms with E-state index in [4.69, 9.17) is 23.1 Å². The van der Waals surface area contributed by atoms with E-state index >= 15 is 0 Å². The Bertz CT molecular complexity index is 424. The van der Waals surface area contributed by atoms with E-state index in [9.17, 15) is 0 Å². The van der Waals surface area contributed by atoms with Gasteiger partial charge in [-0.15, -0.1) is 0 Å². The number of rotatable bonds is 3. The van der Waals surface area contributed by atoms with Crippen molar-refractivity contribution in [2.24, 2.45) is 16.5 Å². The molecular formula is C11H15ClN4. The molecule has 1 rings (SSSR count). The summed E-state index contributed by atoms with van der Waals surface area (Å²) in [5.74, 6) is 0.886. The largest absolute Gasteiger partial charge is 0.385 e. The Morgan fingerprint density at radius 2 is 2.06 bits per heavy atom. The summed E-state index contributed by atoms with van der Waals surface area (Å²) in [4.78, 5) is 5.92. The molecule has 0 heterocycles. The number of benzene rings is 1. The van der Waals surface area contributed by atoms with Gasteiger partial charge in [-0.1, -0.05) is 17.7 Å². The summed E-state index contributed by atoms with van der Waals surface area (Å²) < 4.78 is 0. The highest BCUT2D eigenvalue weighted by atomic mass is 35.5. The Morgan fingerprint density at radius 1 is 1.38 bits per heavy atom. The molecule has 1 aromatic carbocycles. The van der Waals surface area contributed by atoms with Gasteiger partial charge < -0.3 is 16.4 Å². The molecule has 0 atom stereocenters. The van der Waals surface area contributed by atoms with Crippen LogP contribution in [0.3, 0.4) is 0 Å². The highest BCUT2D eigenvalue weighted by Crippen LogP contribution is 2.17. The van der Waals surface area contributed by atoms with Gasteiger partial charge in [0.1, 0.15) is 11.7 Å². The van der Waals surface area contributed by atoms with E-state index in [0.717, 1.165) is 0 Å². The van der Waals surface area contributed by atoms with Crippen LogP contribution in [0.4, 0.5) is 5.69 Å². The minimum atomic E-state index is 0.341. The Morgan fingerprint density at radius 3 is 2.62 bits per heavy atom. The van der Waals surface area contributed by atoms with Gasteiger partial charge in [-0.3, -0.25) is 0 Å². The summed E-state index contributed by atoms with van der Waals surface area (Å²) in [7, 11) is 3.66. The number of hydrogen-bond acceptors (Lipinski definition) is 3. The van der Waals surface area contributed by atoms with E-state index in [1.807, 2.05) is 26.2 Å². The molecule has 5 heteroatoms. The molecule has 0 aliphatic heterocycles. The van der Waals surface area contributed by atoms with Crippen LogP contribution in [-0.2, 0) is 0 Å². The Balaban J connectivity index is 2.89. The van der Waals surface area contributed by atoms with Crippen LogP contribution in [-0.4, -0.2) is 24.8 Å². The van der Waals surface area contributed by atoms with Gasteiger partial charge in [0, 0.05) is 25.2 Å². The van der Waals surface area contributed by atoms with Gasteiger partial charge in [0.2, 0.25) is 0 Å². The third kappa shape index (κ3) is 3.82. The number of hydrogen-bond donors (Lipinski definition) is 2. The first-order chi connectivity index (χ1) is 7.49. The number of halogens is 1. The molecule has 86 valence electrons. The van der Waals surface area contributed by atoms with Crippen molar-refractivity contribution in [2.45, 2.75) is 0 Å². The second-order valence-corrected chi connectivity index (χ2v) is 3.92. The van der Waals surface area contributed by atoms with Crippen LogP contribution < -0.4 is 11.5 Å². The van der Waals surface area contributed by atoms with Gasteiger partial charge >= 0.3 is 0 Å². The molecule has 0 fully saturated rings. The number of amidine groups is 1. The lowest BCUT2D eigenvalue weighted by Gasteiger charge is -2.11. The lowest BCUT2D eigenvalue weighted by molar-refractivity contribution is 0.506. The van der Waals surface area contributed by atoms with E-state index in [1.54, 1.807) is 23.1 Å². The second kappa shape index (κ2) is 5.42. The minimum Gasteiger partial charge on any atom is -0.385 e. The van der Waals surface area contributed by atoms with E-state index in [1.165, 1.54) is 0 Å². The van der Waals surface area contributed by atoms with Crippen LogP contribution in [0.15, 0.2) is 41.2 Å². The molecule has 0 saturated heterocycles. The van der Waals surface area contributed by atoms with E-state index in [-0.39, 0.29) is 0 Å². The summed E-state index contributed by atoms with van der Waals surface area (Å²) in [5, 5.41) is 0.624. The van der Waals surface area contributed by atoms with Gasteiger partial charge in [-0.05, 0) is 18.2 Å². The predicted octanol–water partition coefficient (Wildman–Crippen LogP) is 1.69. The molecule has 16 heavy (non-hydrogen) atoms. The smallest absolute Gasteiger partial charge is 0.127 e. The maximum absolute atomic E-state index is 5.83. The van der Waals surface area contributed by atoms with Gasteiger partial charge in [0.05, 0.1) is 5.69 Å². The van der Waals surface area contributed by atoms with Gasteiger partial charge in [0.25, 0.3) is 0 Å². The first-order valence-corrected chi connectivity index (χ1v) is 5.11. The second-order valence-electron chi connectivity index (χ2n) is 3.48. The molecule has 4 N–H and O–H groups in total. The third-order valence-corrected chi connectivity index (χ3v) is 2.11. The maximum atomic E-state index is 5.83. The van der Waals surface area contributed by atoms with E-state index in [2.05, 4.69) is 4.99 Å². The van der Waals surface area contributed by atoms with Crippen molar-refractivity contribution < 1.29 is 0 Å². The molecule has 0 aromatic heterocycles. The number of aliphatic imine (C=N–C) groups is 1. The van der Waals surface area contributed by atoms with Crippen LogP contribution >= 0.6 is 11.6 Å². The molecule has 0 unspecified atom stereocenters. The zero-order valence-electron chi connectivity index (χ0n) is 9.31. The van der Waals surface area contributed by atoms with Crippen molar-refractivity contribution in [1.29, 1.82) is 0 Å². The normalized spacial score (nSPS) is 12.7. The topological polar surface area (TPSA) is 67.6 Å². The lowest BCUT2D eigenvalue weighted by Crippen LogP contribution is -2.21. The zero-order chi connectivity index (χ0) is 12.1. The van der Waals surface area contributed by atoms with Crippen molar-refractivity contribution in [3.8, 4) is 0 Å². The van der Waals surface area contributed by atoms with Crippen LogP contribution in [0.1, 0.15) is 0 Å². The average molecular weight is 239 g/mol. The molecule has 0 bridgehead atoms. The average Bonchev–Trinajstić information content (AvgIpc) is 2.16. The highest BCUT2D eigenvalue weighted by Gasteiger charge is 1.96. The fourth-order valence-electron chi connectivity index (χ4n) is 1.01. The summed E-state index contributed by atoms with van der Waals surface area (Å²) in [6, 6.07) is 7.14. The van der Waals surface area contributed by atoms with Crippen molar-refractivity contribution in [2.75, 3.05) is 14.1 Å². The van der Waals surface area contributed by atoms with Gasteiger partial charge in [-0.25, -0.2) is 4.99 Å². The summed E-state index contributed by atoms with van der Waals surface area (Å²) in [5.41, 5.74) is 12.1. The van der Waals surface area contributed by atoms with E-state index < -0.39 is 0 Å². The van der Waals surface area contributed by atoms with Crippen molar-refractivity contribution in [3.05, 3.63) is 41.2 Å². The number of nitrogens with two attached hydrogens (primary N) is 2. The maximum Gasteiger partial charge on any atom is 0.127 e. The molecule has 0 radical (unpaired) electrons. The van der Waals surface area contributed by atoms with Crippen molar-refractivity contribution in [1.82, 2.24) is 4.90 Å². The minimum absolute atomic E-state index is 0.341. The van der Waals surface area contributed by atoms with Crippen LogP contribution in [0.5, 0.6) is 0 Å². The van der Waals surface area contributed by atoms with Crippen molar-refractivity contribution in [3.63, 3.8) is 0 Å². The molecule has 0 aliphatic rings. The third-order valence-electron chi connectivity index (χ3n) is 1.88. The monoisotopic (exact) mass is 238 g/mol. The first kappa shape index (κ1) is 12.4. The summed E-state index contributed by atoms with van der Waals surface area (Å²) >= 11 is 5.83. The standard InChI is InChI=1S/C11H15ClN4/c1-16(2)11(14)7-10(13)15-9-5-3-4-8(12)6-9/h3-7H,14H2,1-2H3,(H2,13,15). The Labute approximate surface area is 100 Å². The fraction of sp³-hybridized carbons (Fsp3) is 0.182. The van der Waals surface area contributed by atoms with Gasteiger partial charge in [0.15, 0.2) is 0 Å². The quantitative estimate of drug-likeness (QED) is 0.622. The highest BCUT2D eigenvalue weighted by molar-refractivity contribution is 6.30. The lowest BCUT2D eigenvalue weighted by atomic mass is 10.3. The molecular weight excluding hydrogens is 224 g/mol. The van der Waals surface area contributed by atoms with Crippen LogP contribution in [0.25, 0.3) is 0 Å². The van der Waals surface area contributed by atoms with Crippen LogP contribution in [0.2, 0.25) is 5.02 Å². The molecule has 0 amide bonds.